The highest BCUT2D eigenvalue weighted by Gasteiger charge is 2.88. The molecule has 0 N–H and O–H groups in total. The van der Waals surface area contributed by atoms with Crippen LogP contribution in [0.3, 0.4) is 0 Å². The van der Waals surface area contributed by atoms with E-state index in [1.54, 1.807) is 0 Å². The maximum Gasteiger partial charge on any atom is 0.335 e. The lowest BCUT2D eigenvalue weighted by molar-refractivity contribution is -0.173. The van der Waals surface area contributed by atoms with Gasteiger partial charge in [-0.05, 0) is 24.8 Å². The number of epoxide rings is 1. The molecule has 22 heavy (non-hydrogen) atoms. The Morgan fingerprint density at radius 2 is 1.91 bits per heavy atom. The van der Waals surface area contributed by atoms with Gasteiger partial charge in [0.1, 0.15) is 11.7 Å². The Morgan fingerprint density at radius 1 is 1.14 bits per heavy atom. The van der Waals surface area contributed by atoms with Crippen LogP contribution in [0.2, 0.25) is 0 Å². The summed E-state index contributed by atoms with van der Waals surface area (Å²) in [5, 5.41) is 0. The molecule has 0 saturated carbocycles. The van der Waals surface area contributed by atoms with Gasteiger partial charge in [0.15, 0.2) is 11.7 Å². The summed E-state index contributed by atoms with van der Waals surface area (Å²) in [7, 11) is 2.68. The maximum atomic E-state index is 12.7. The Hall–Kier alpha value is -1.40. The molecular weight excluding hydrogens is 288 g/mol. The SMILES string of the molecule is COC(=O)C1=C2CCCCCC[C@]34O[C@H]3O[C@H]2[C@]14C(=O)OC. The van der Waals surface area contributed by atoms with Crippen LogP contribution in [-0.4, -0.2) is 44.2 Å². The van der Waals surface area contributed by atoms with E-state index in [2.05, 4.69) is 0 Å². The highest BCUT2D eigenvalue weighted by molar-refractivity contribution is 6.05. The standard InChI is InChI=1S/C16H20O6/c1-19-12(17)10-9-7-5-3-4-6-8-15-14(22-15)21-11(9)16(10,15)13(18)20-2/h11,14H,3-8H2,1-2H3/t11-,14-,15+,16+/m1/s1. The first kappa shape index (κ1) is 14.2. The summed E-state index contributed by atoms with van der Waals surface area (Å²) in [6.07, 6.45) is 4.81. The van der Waals surface area contributed by atoms with Crippen molar-refractivity contribution < 1.29 is 28.5 Å². The molecule has 2 aliphatic heterocycles. The Balaban J connectivity index is 1.88. The van der Waals surface area contributed by atoms with Gasteiger partial charge in [-0.1, -0.05) is 19.3 Å². The van der Waals surface area contributed by atoms with Crippen molar-refractivity contribution in [1.29, 1.82) is 0 Å². The highest BCUT2D eigenvalue weighted by Crippen LogP contribution is 2.72. The molecule has 0 aromatic carbocycles. The van der Waals surface area contributed by atoms with Crippen LogP contribution >= 0.6 is 0 Å². The first-order chi connectivity index (χ1) is 10.6. The van der Waals surface area contributed by atoms with Crippen LogP contribution < -0.4 is 0 Å². The van der Waals surface area contributed by atoms with Crippen LogP contribution in [0.25, 0.3) is 0 Å². The second kappa shape index (κ2) is 4.55. The van der Waals surface area contributed by atoms with Gasteiger partial charge in [-0.15, -0.1) is 0 Å². The minimum atomic E-state index is -1.13. The molecule has 2 heterocycles. The lowest BCUT2D eigenvalue weighted by Gasteiger charge is -2.48. The fourth-order valence-electron chi connectivity index (χ4n) is 4.64. The largest absolute Gasteiger partial charge is 0.468 e. The van der Waals surface area contributed by atoms with Crippen LogP contribution in [-0.2, 0) is 28.5 Å². The number of hydrogen-bond acceptors (Lipinski definition) is 6. The topological polar surface area (TPSA) is 74.4 Å². The molecule has 0 aromatic rings. The summed E-state index contributed by atoms with van der Waals surface area (Å²) in [6.45, 7) is 0. The smallest absolute Gasteiger partial charge is 0.335 e. The van der Waals surface area contributed by atoms with Crippen molar-refractivity contribution in [2.75, 3.05) is 14.2 Å². The molecule has 6 nitrogen and oxygen atoms in total. The minimum absolute atomic E-state index is 0.397. The molecule has 1 spiro atoms. The first-order valence-electron chi connectivity index (χ1n) is 7.87. The normalized spacial score (nSPS) is 42.1. The Labute approximate surface area is 128 Å². The molecule has 4 rings (SSSR count). The zero-order chi connectivity index (χ0) is 15.5. The van der Waals surface area contributed by atoms with E-state index in [-0.39, 0.29) is 0 Å². The molecule has 2 bridgehead atoms. The molecule has 4 aliphatic rings. The zero-order valence-corrected chi connectivity index (χ0v) is 12.8. The third kappa shape index (κ3) is 1.38. The van der Waals surface area contributed by atoms with E-state index in [4.69, 9.17) is 18.9 Å². The van der Waals surface area contributed by atoms with Crippen molar-refractivity contribution in [2.24, 2.45) is 5.41 Å². The molecule has 6 heteroatoms. The molecule has 0 unspecified atom stereocenters. The second-order valence-electron chi connectivity index (χ2n) is 6.46. The monoisotopic (exact) mass is 308 g/mol. The third-order valence-corrected chi connectivity index (χ3v) is 5.63. The van der Waals surface area contributed by atoms with Crippen molar-refractivity contribution in [3.63, 3.8) is 0 Å². The number of carbonyl (C=O) groups is 2. The van der Waals surface area contributed by atoms with Crippen molar-refractivity contribution >= 4 is 11.9 Å². The molecule has 0 aromatic heterocycles. The number of fused-ring (bicyclic) bond motifs is 1. The van der Waals surface area contributed by atoms with Crippen LogP contribution in [0, 0.1) is 5.41 Å². The van der Waals surface area contributed by atoms with Gasteiger partial charge in [-0.3, -0.25) is 4.79 Å². The number of hydrogen-bond donors (Lipinski definition) is 0. The van der Waals surface area contributed by atoms with Gasteiger partial charge in [0.25, 0.3) is 0 Å². The lowest BCUT2D eigenvalue weighted by atomic mass is 9.54. The van der Waals surface area contributed by atoms with Gasteiger partial charge < -0.3 is 18.9 Å². The summed E-state index contributed by atoms with van der Waals surface area (Å²) in [5.41, 5.74) is -0.551. The Bertz CT molecular complexity index is 581. The van der Waals surface area contributed by atoms with Gasteiger partial charge >= 0.3 is 11.9 Å². The number of rotatable bonds is 2. The van der Waals surface area contributed by atoms with Crippen molar-refractivity contribution in [3.8, 4) is 0 Å². The number of ether oxygens (including phenoxy) is 4. The molecule has 2 saturated heterocycles. The van der Waals surface area contributed by atoms with Gasteiger partial charge in [0.05, 0.1) is 19.8 Å². The van der Waals surface area contributed by atoms with E-state index in [9.17, 15) is 9.59 Å². The van der Waals surface area contributed by atoms with Gasteiger partial charge in [0.2, 0.25) is 0 Å². The van der Waals surface area contributed by atoms with E-state index in [1.807, 2.05) is 0 Å². The average Bonchev–Trinajstić information content (AvgIpc) is 3.17. The minimum Gasteiger partial charge on any atom is -0.468 e. The molecule has 2 fully saturated rings. The Morgan fingerprint density at radius 3 is 2.64 bits per heavy atom. The second-order valence-corrected chi connectivity index (χ2v) is 6.46. The van der Waals surface area contributed by atoms with Crippen LogP contribution in [0.15, 0.2) is 11.1 Å². The molecule has 0 amide bonds. The fourth-order valence-corrected chi connectivity index (χ4v) is 4.64. The van der Waals surface area contributed by atoms with E-state index in [0.717, 1.165) is 37.7 Å². The van der Waals surface area contributed by atoms with Crippen molar-refractivity contribution in [3.05, 3.63) is 11.1 Å². The van der Waals surface area contributed by atoms with E-state index in [1.165, 1.54) is 14.2 Å². The predicted octanol–water partition coefficient (Wildman–Crippen LogP) is 1.48. The van der Waals surface area contributed by atoms with E-state index >= 15 is 0 Å². The summed E-state index contributed by atoms with van der Waals surface area (Å²) < 4.78 is 21.7. The fraction of sp³-hybridized carbons (Fsp3) is 0.750. The number of esters is 2. The highest BCUT2D eigenvalue weighted by atomic mass is 16.8. The van der Waals surface area contributed by atoms with Crippen molar-refractivity contribution in [1.82, 2.24) is 0 Å². The molecule has 120 valence electrons. The molecule has 0 radical (unpaired) electrons. The quantitative estimate of drug-likeness (QED) is 0.568. The first-order valence-corrected chi connectivity index (χ1v) is 7.87. The van der Waals surface area contributed by atoms with Gasteiger partial charge in [0, 0.05) is 0 Å². The molecule has 4 atom stereocenters. The van der Waals surface area contributed by atoms with E-state index in [0.29, 0.717) is 12.0 Å². The molecule has 2 aliphatic carbocycles. The summed E-state index contributed by atoms with van der Waals surface area (Å²) >= 11 is 0. The summed E-state index contributed by atoms with van der Waals surface area (Å²) in [4.78, 5) is 25.1. The van der Waals surface area contributed by atoms with Crippen LogP contribution in [0.5, 0.6) is 0 Å². The summed E-state index contributed by atoms with van der Waals surface area (Å²) in [6, 6.07) is 0. The van der Waals surface area contributed by atoms with Crippen molar-refractivity contribution in [2.45, 2.75) is 56.5 Å². The van der Waals surface area contributed by atoms with Gasteiger partial charge in [-0.25, -0.2) is 4.79 Å². The Kier molecular flexibility index (Phi) is 2.94. The number of carbonyl (C=O) groups excluding carboxylic acids is 2. The lowest BCUT2D eigenvalue weighted by Crippen LogP contribution is -2.61. The van der Waals surface area contributed by atoms with Gasteiger partial charge in [-0.2, -0.15) is 0 Å². The van der Waals surface area contributed by atoms with Crippen LogP contribution in [0.4, 0.5) is 0 Å². The number of methoxy groups -OCH3 is 2. The predicted molar refractivity (Wildman–Crippen MR) is 73.7 cm³/mol. The third-order valence-electron chi connectivity index (χ3n) is 5.63. The van der Waals surface area contributed by atoms with Crippen LogP contribution in [0.1, 0.15) is 38.5 Å². The maximum absolute atomic E-state index is 12.7. The summed E-state index contributed by atoms with van der Waals surface area (Å²) in [5.74, 6) is -0.904. The van der Waals surface area contributed by atoms with E-state index < -0.39 is 35.3 Å². The zero-order valence-electron chi connectivity index (χ0n) is 12.8. The average molecular weight is 308 g/mol. The molecular formula is C16H20O6.